The molecule has 1 aromatic heterocycles. The largest absolute Gasteiger partial charge is 0.496 e. The van der Waals surface area contributed by atoms with Gasteiger partial charge < -0.3 is 24.6 Å². The molecule has 0 aliphatic rings. The highest BCUT2D eigenvalue weighted by molar-refractivity contribution is 6.02. The van der Waals surface area contributed by atoms with E-state index in [1.54, 1.807) is 25.3 Å². The predicted octanol–water partition coefficient (Wildman–Crippen LogP) is 5.51. The number of carboxylic acid groups (broad SMARTS) is 1. The van der Waals surface area contributed by atoms with Gasteiger partial charge in [-0.05, 0) is 52.7 Å². The molecule has 1 atom stereocenters. The number of methoxy groups -OCH3 is 3. The Kier molecular flexibility index (Phi) is 7.50. The summed E-state index contributed by atoms with van der Waals surface area (Å²) in [5, 5.41) is 15.5. The molecule has 1 amide bonds. The van der Waals surface area contributed by atoms with Crippen LogP contribution >= 0.6 is 0 Å². The van der Waals surface area contributed by atoms with Crippen molar-refractivity contribution in [2.24, 2.45) is 0 Å². The van der Waals surface area contributed by atoms with Crippen LogP contribution in [-0.4, -0.2) is 49.3 Å². The van der Waals surface area contributed by atoms with Crippen LogP contribution in [0.5, 0.6) is 17.2 Å². The molecule has 8 nitrogen and oxygen atoms in total. The van der Waals surface area contributed by atoms with Crippen LogP contribution in [0.3, 0.4) is 0 Å². The maximum atomic E-state index is 13.1. The smallest absolute Gasteiger partial charge is 0.326 e. The van der Waals surface area contributed by atoms with Gasteiger partial charge in [-0.2, -0.15) is 0 Å². The first-order valence-corrected chi connectivity index (χ1v) is 12.6. The number of nitrogens with one attached hydrogen (secondary N) is 1. The highest BCUT2D eigenvalue weighted by atomic mass is 16.5. The monoisotopic (exact) mass is 536 g/mol. The van der Waals surface area contributed by atoms with Gasteiger partial charge >= 0.3 is 5.97 Å². The van der Waals surface area contributed by atoms with Gasteiger partial charge in [0.05, 0.1) is 38.1 Å². The number of carbonyl (C=O) groups is 2. The SMILES string of the molecule is COc1cccc(OC)c1C(=O)NC(Cc1ccc2nc(-c3c(OC)ccc4ccccc34)ccc2c1)C(=O)O. The fourth-order valence-electron chi connectivity index (χ4n) is 4.87. The van der Waals surface area contributed by atoms with E-state index in [1.807, 2.05) is 66.7 Å². The molecule has 0 saturated carbocycles. The molecule has 8 heteroatoms. The molecule has 4 aromatic carbocycles. The van der Waals surface area contributed by atoms with E-state index in [0.29, 0.717) is 0 Å². The Balaban J connectivity index is 1.43. The number of carboxylic acids is 1. The van der Waals surface area contributed by atoms with Crippen molar-refractivity contribution in [1.82, 2.24) is 10.3 Å². The molecule has 0 spiro atoms. The summed E-state index contributed by atoms with van der Waals surface area (Å²) < 4.78 is 16.2. The molecule has 0 aliphatic carbocycles. The highest BCUT2D eigenvalue weighted by Crippen LogP contribution is 2.37. The van der Waals surface area contributed by atoms with Gasteiger partial charge in [-0.1, -0.05) is 48.5 Å². The van der Waals surface area contributed by atoms with E-state index in [4.69, 9.17) is 19.2 Å². The lowest BCUT2D eigenvalue weighted by atomic mass is 9.99. The van der Waals surface area contributed by atoms with Crippen molar-refractivity contribution in [3.05, 3.63) is 96.1 Å². The third-order valence-electron chi connectivity index (χ3n) is 6.82. The third-order valence-corrected chi connectivity index (χ3v) is 6.82. The van der Waals surface area contributed by atoms with Crippen molar-refractivity contribution in [3.8, 4) is 28.5 Å². The minimum atomic E-state index is -1.17. The number of carbonyl (C=O) groups excluding carboxylic acids is 1. The summed E-state index contributed by atoms with van der Waals surface area (Å²) in [4.78, 5) is 30.1. The Morgan fingerprint density at radius 3 is 2.20 bits per heavy atom. The Morgan fingerprint density at radius 2 is 1.50 bits per heavy atom. The summed E-state index contributed by atoms with van der Waals surface area (Å²) >= 11 is 0. The van der Waals surface area contributed by atoms with Crippen molar-refractivity contribution < 1.29 is 28.9 Å². The van der Waals surface area contributed by atoms with E-state index in [2.05, 4.69) is 5.32 Å². The maximum absolute atomic E-state index is 13.1. The molecule has 0 bridgehead atoms. The lowest BCUT2D eigenvalue weighted by Gasteiger charge is -2.18. The number of ether oxygens (including phenoxy) is 3. The van der Waals surface area contributed by atoms with E-state index in [-0.39, 0.29) is 23.5 Å². The Labute approximate surface area is 231 Å². The number of hydrogen-bond donors (Lipinski definition) is 2. The summed E-state index contributed by atoms with van der Waals surface area (Å²) in [6.07, 6.45) is 0.0768. The number of pyridine rings is 1. The minimum absolute atomic E-state index is 0.0768. The maximum Gasteiger partial charge on any atom is 0.326 e. The molecule has 5 aromatic rings. The number of rotatable bonds is 9. The van der Waals surface area contributed by atoms with Gasteiger partial charge in [0.15, 0.2) is 0 Å². The van der Waals surface area contributed by atoms with Crippen LogP contribution in [0, 0.1) is 0 Å². The summed E-state index contributed by atoms with van der Waals surface area (Å²) in [6, 6.07) is 25.2. The molecule has 1 unspecified atom stereocenters. The first-order chi connectivity index (χ1) is 19.4. The second kappa shape index (κ2) is 11.3. The molecule has 0 saturated heterocycles. The minimum Gasteiger partial charge on any atom is -0.496 e. The number of nitrogens with zero attached hydrogens (tertiary/aromatic N) is 1. The number of amides is 1. The molecule has 202 valence electrons. The highest BCUT2D eigenvalue weighted by Gasteiger charge is 2.25. The predicted molar refractivity (Wildman–Crippen MR) is 153 cm³/mol. The zero-order valence-corrected chi connectivity index (χ0v) is 22.3. The normalized spacial score (nSPS) is 11.7. The van der Waals surface area contributed by atoms with Gasteiger partial charge in [-0.15, -0.1) is 0 Å². The average molecular weight is 537 g/mol. The molecule has 40 heavy (non-hydrogen) atoms. The lowest BCUT2D eigenvalue weighted by Crippen LogP contribution is -2.42. The fourth-order valence-corrected chi connectivity index (χ4v) is 4.87. The quantitative estimate of drug-likeness (QED) is 0.256. The number of aromatic nitrogens is 1. The second-order valence-electron chi connectivity index (χ2n) is 9.19. The molecule has 0 fully saturated rings. The summed E-state index contributed by atoms with van der Waals surface area (Å²) in [6.45, 7) is 0. The van der Waals surface area contributed by atoms with Crippen LogP contribution in [0.4, 0.5) is 0 Å². The van der Waals surface area contributed by atoms with E-state index in [9.17, 15) is 14.7 Å². The van der Waals surface area contributed by atoms with Gasteiger partial charge in [-0.25, -0.2) is 9.78 Å². The fraction of sp³-hybridized carbons (Fsp3) is 0.156. The molecule has 0 radical (unpaired) electrons. The number of fused-ring (bicyclic) bond motifs is 2. The van der Waals surface area contributed by atoms with Gasteiger partial charge in [0, 0.05) is 11.8 Å². The summed E-state index contributed by atoms with van der Waals surface area (Å²) in [5.41, 5.74) is 3.32. The average Bonchev–Trinajstić information content (AvgIpc) is 2.99. The summed E-state index contributed by atoms with van der Waals surface area (Å²) in [7, 11) is 4.51. The van der Waals surface area contributed by atoms with Crippen molar-refractivity contribution in [2.45, 2.75) is 12.5 Å². The van der Waals surface area contributed by atoms with Crippen molar-refractivity contribution in [3.63, 3.8) is 0 Å². The third kappa shape index (κ3) is 5.11. The van der Waals surface area contributed by atoms with Gasteiger partial charge in [0.25, 0.3) is 5.91 Å². The molecule has 5 rings (SSSR count). The molecular formula is C32H28N2O6. The molecule has 1 heterocycles. The van der Waals surface area contributed by atoms with Gasteiger partial charge in [-0.3, -0.25) is 4.79 Å². The summed E-state index contributed by atoms with van der Waals surface area (Å²) in [5.74, 6) is -0.446. The Hall–Kier alpha value is -5.11. The standard InChI is InChI=1S/C32H28N2O6/c1-38-26-9-6-10-27(39-2)30(26)31(35)34-25(32(36)37)18-19-11-14-23-21(17-19)12-15-24(33-23)29-22-8-5-4-7-20(22)13-16-28(29)40-3/h4-17,25H,18H2,1-3H3,(H,34,35)(H,36,37). The Morgan fingerprint density at radius 1 is 0.800 bits per heavy atom. The number of hydrogen-bond acceptors (Lipinski definition) is 6. The van der Waals surface area contributed by atoms with Crippen molar-refractivity contribution >= 4 is 33.6 Å². The van der Waals surface area contributed by atoms with Crippen LogP contribution in [0.1, 0.15) is 15.9 Å². The number of benzene rings is 4. The van der Waals surface area contributed by atoms with Crippen LogP contribution in [0.15, 0.2) is 84.9 Å². The number of aliphatic carboxylic acids is 1. The molecule has 0 aliphatic heterocycles. The molecule has 2 N–H and O–H groups in total. The van der Waals surface area contributed by atoms with E-state index >= 15 is 0 Å². The van der Waals surface area contributed by atoms with E-state index in [0.717, 1.165) is 44.2 Å². The first kappa shape index (κ1) is 26.5. The van der Waals surface area contributed by atoms with E-state index < -0.39 is 17.9 Å². The first-order valence-electron chi connectivity index (χ1n) is 12.6. The second-order valence-corrected chi connectivity index (χ2v) is 9.19. The zero-order valence-electron chi connectivity index (χ0n) is 22.3. The van der Waals surface area contributed by atoms with Gasteiger partial charge in [0.1, 0.15) is 28.9 Å². The van der Waals surface area contributed by atoms with Crippen LogP contribution in [-0.2, 0) is 11.2 Å². The van der Waals surface area contributed by atoms with Crippen LogP contribution in [0.2, 0.25) is 0 Å². The van der Waals surface area contributed by atoms with Crippen LogP contribution in [0.25, 0.3) is 32.9 Å². The topological polar surface area (TPSA) is 107 Å². The lowest BCUT2D eigenvalue weighted by molar-refractivity contribution is -0.139. The van der Waals surface area contributed by atoms with Gasteiger partial charge in [0.2, 0.25) is 0 Å². The Bertz CT molecular complexity index is 1710. The van der Waals surface area contributed by atoms with Crippen LogP contribution < -0.4 is 19.5 Å². The van der Waals surface area contributed by atoms with E-state index in [1.165, 1.54) is 14.2 Å². The molecular weight excluding hydrogens is 508 g/mol. The zero-order chi connectivity index (χ0) is 28.2. The van der Waals surface area contributed by atoms with Crippen molar-refractivity contribution in [1.29, 1.82) is 0 Å². The van der Waals surface area contributed by atoms with Crippen molar-refractivity contribution in [2.75, 3.05) is 21.3 Å².